The van der Waals surface area contributed by atoms with Crippen LogP contribution in [0.2, 0.25) is 0 Å². The average molecular weight is 601 g/mol. The van der Waals surface area contributed by atoms with Crippen LogP contribution in [0.4, 0.5) is 22.0 Å². The van der Waals surface area contributed by atoms with E-state index >= 15 is 0 Å². The molecule has 18 heteroatoms. The Morgan fingerprint density at radius 1 is 1.23 bits per heavy atom. The SMILES string of the molecule is CS(=O)(=O)n1cc2c(n1)CN([C@@H]1C[C@H](N)[C@@H](c3cc(F)ccc3F)O[C@@H]1C(F)(F)F)C2.O=C(O)C[C@@H](O)C(=O)O. The quantitative estimate of drug-likeness (QED) is 0.347. The van der Waals surface area contributed by atoms with Gasteiger partial charge in [-0.25, -0.2) is 22.0 Å². The number of carboxylic acids is 2. The number of alkyl halides is 3. The number of aliphatic carboxylic acids is 2. The van der Waals surface area contributed by atoms with E-state index in [-0.39, 0.29) is 25.1 Å². The van der Waals surface area contributed by atoms with Gasteiger partial charge in [0, 0.05) is 42.5 Å². The summed E-state index contributed by atoms with van der Waals surface area (Å²) in [6.07, 6.45) is -9.07. The first-order valence-corrected chi connectivity index (χ1v) is 13.3. The first-order valence-electron chi connectivity index (χ1n) is 11.5. The van der Waals surface area contributed by atoms with Gasteiger partial charge in [0.1, 0.15) is 17.7 Å². The van der Waals surface area contributed by atoms with Crippen LogP contribution in [0.1, 0.15) is 35.8 Å². The summed E-state index contributed by atoms with van der Waals surface area (Å²) in [5.41, 5.74) is 6.51. The summed E-state index contributed by atoms with van der Waals surface area (Å²) in [5.74, 6) is -4.56. The maximum Gasteiger partial charge on any atom is 0.416 e. The normalized spacial score (nSPS) is 24.1. The molecule has 2 aliphatic heterocycles. The summed E-state index contributed by atoms with van der Waals surface area (Å²) >= 11 is 0. The van der Waals surface area contributed by atoms with E-state index in [1.807, 2.05) is 0 Å². The fraction of sp³-hybridized carbons (Fsp3) is 0.500. The summed E-state index contributed by atoms with van der Waals surface area (Å²) in [4.78, 5) is 20.9. The van der Waals surface area contributed by atoms with E-state index in [1.165, 1.54) is 11.1 Å². The highest BCUT2D eigenvalue weighted by molar-refractivity contribution is 7.89. The number of hydrogen-bond acceptors (Lipinski definition) is 9. The van der Waals surface area contributed by atoms with Crippen LogP contribution in [0, 0.1) is 11.6 Å². The molecule has 40 heavy (non-hydrogen) atoms. The number of nitrogens with zero attached hydrogens (tertiary/aromatic N) is 3. The van der Waals surface area contributed by atoms with Crippen LogP contribution in [0.25, 0.3) is 0 Å². The predicted octanol–water partition coefficient (Wildman–Crippen LogP) is 0.980. The van der Waals surface area contributed by atoms with E-state index < -0.39 is 76.6 Å². The molecule has 5 N–H and O–H groups in total. The number of aromatic nitrogens is 2. The highest BCUT2D eigenvalue weighted by Crippen LogP contribution is 2.42. The van der Waals surface area contributed by atoms with Crippen LogP contribution >= 0.6 is 0 Å². The molecule has 0 bridgehead atoms. The molecule has 1 saturated heterocycles. The van der Waals surface area contributed by atoms with Crippen LogP contribution in [0.5, 0.6) is 0 Å². The summed E-state index contributed by atoms with van der Waals surface area (Å²) < 4.78 is 98.6. The maximum atomic E-state index is 14.2. The van der Waals surface area contributed by atoms with Gasteiger partial charge in [0.2, 0.25) is 0 Å². The van der Waals surface area contributed by atoms with Gasteiger partial charge in [0.15, 0.2) is 12.2 Å². The number of fused-ring (bicyclic) bond motifs is 1. The fourth-order valence-corrected chi connectivity index (χ4v) is 4.92. The van der Waals surface area contributed by atoms with Gasteiger partial charge in [-0.05, 0) is 24.6 Å². The van der Waals surface area contributed by atoms with E-state index in [4.69, 9.17) is 25.8 Å². The second-order valence-electron chi connectivity index (χ2n) is 9.25. The summed E-state index contributed by atoms with van der Waals surface area (Å²) in [5, 5.41) is 28.1. The van der Waals surface area contributed by atoms with Crippen molar-refractivity contribution in [2.24, 2.45) is 5.73 Å². The Kier molecular flexibility index (Phi) is 9.19. The molecule has 3 heterocycles. The summed E-state index contributed by atoms with van der Waals surface area (Å²) in [7, 11) is -3.62. The molecule has 0 spiro atoms. The largest absolute Gasteiger partial charge is 0.481 e. The van der Waals surface area contributed by atoms with E-state index in [9.17, 15) is 40.0 Å². The second-order valence-corrected chi connectivity index (χ2v) is 11.1. The van der Waals surface area contributed by atoms with Gasteiger partial charge < -0.3 is 25.8 Å². The molecule has 12 nitrogen and oxygen atoms in total. The highest BCUT2D eigenvalue weighted by atomic mass is 32.2. The number of carbonyl (C=O) groups is 2. The number of hydrogen-bond donors (Lipinski definition) is 4. The Bertz CT molecular complexity index is 1350. The Hall–Kier alpha value is -3.19. The van der Waals surface area contributed by atoms with Crippen LogP contribution in [0.3, 0.4) is 0 Å². The minimum Gasteiger partial charge on any atom is -0.481 e. The number of ether oxygens (including phenoxy) is 1. The molecule has 0 amide bonds. The summed E-state index contributed by atoms with van der Waals surface area (Å²) in [6.45, 7) is 0.00134. The van der Waals surface area contributed by atoms with Crippen molar-refractivity contribution in [3.8, 4) is 0 Å². The van der Waals surface area contributed by atoms with Gasteiger partial charge in [-0.15, -0.1) is 0 Å². The van der Waals surface area contributed by atoms with Gasteiger partial charge in [0.25, 0.3) is 10.0 Å². The number of nitrogens with two attached hydrogens (primary N) is 1. The molecule has 2 aliphatic rings. The predicted molar refractivity (Wildman–Crippen MR) is 124 cm³/mol. The first-order chi connectivity index (χ1) is 18.4. The minimum atomic E-state index is -4.79. The van der Waals surface area contributed by atoms with Crippen LogP contribution in [-0.4, -0.2) is 86.5 Å². The third-order valence-electron chi connectivity index (χ3n) is 6.18. The average Bonchev–Trinajstić information content (AvgIpc) is 3.39. The van der Waals surface area contributed by atoms with Crippen LogP contribution < -0.4 is 5.73 Å². The molecule has 1 aromatic heterocycles. The Labute approximate surface area is 223 Å². The van der Waals surface area contributed by atoms with E-state index in [0.717, 1.165) is 28.5 Å². The minimum absolute atomic E-state index is 0.0236. The first kappa shape index (κ1) is 31.3. The van der Waals surface area contributed by atoms with Gasteiger partial charge in [-0.3, -0.25) is 9.69 Å². The maximum absolute atomic E-state index is 14.2. The molecule has 0 aliphatic carbocycles. The molecule has 5 atom stereocenters. The lowest BCUT2D eigenvalue weighted by molar-refractivity contribution is -0.269. The zero-order chi connectivity index (χ0) is 30.2. The number of aliphatic hydroxyl groups excluding tert-OH is 1. The highest BCUT2D eigenvalue weighted by Gasteiger charge is 2.54. The van der Waals surface area contributed by atoms with Crippen LogP contribution in [-0.2, 0) is 37.4 Å². The molecule has 0 saturated carbocycles. The van der Waals surface area contributed by atoms with Gasteiger partial charge in [0.05, 0.1) is 18.4 Å². The Morgan fingerprint density at radius 2 is 1.88 bits per heavy atom. The molecule has 1 fully saturated rings. The van der Waals surface area contributed by atoms with Gasteiger partial charge >= 0.3 is 18.1 Å². The number of rotatable bonds is 6. The van der Waals surface area contributed by atoms with Crippen molar-refractivity contribution >= 4 is 22.0 Å². The van der Waals surface area contributed by atoms with Crippen molar-refractivity contribution in [2.75, 3.05) is 6.26 Å². The Balaban J connectivity index is 0.000000424. The van der Waals surface area contributed by atoms with E-state index in [0.29, 0.717) is 11.3 Å². The van der Waals surface area contributed by atoms with Gasteiger partial charge in [-0.1, -0.05) is 0 Å². The number of benzene rings is 1. The number of aliphatic hydroxyl groups is 1. The van der Waals surface area contributed by atoms with Crippen molar-refractivity contribution in [1.82, 2.24) is 14.1 Å². The zero-order valence-electron chi connectivity index (χ0n) is 20.6. The molecule has 222 valence electrons. The molecular weight excluding hydrogens is 575 g/mol. The molecular formula is C22H25F5N4O8S. The molecule has 0 radical (unpaired) electrons. The van der Waals surface area contributed by atoms with Gasteiger partial charge in [-0.2, -0.15) is 22.4 Å². The lowest BCUT2D eigenvalue weighted by atomic mass is 9.89. The molecule has 1 aromatic carbocycles. The second kappa shape index (κ2) is 11.7. The summed E-state index contributed by atoms with van der Waals surface area (Å²) in [6, 6.07) is 0.226. The number of carboxylic acid groups (broad SMARTS) is 2. The van der Waals surface area contributed by atoms with Crippen LogP contribution in [0.15, 0.2) is 24.4 Å². The van der Waals surface area contributed by atoms with Crippen molar-refractivity contribution in [3.63, 3.8) is 0 Å². The smallest absolute Gasteiger partial charge is 0.416 e. The zero-order valence-corrected chi connectivity index (χ0v) is 21.4. The monoisotopic (exact) mass is 600 g/mol. The third-order valence-corrected chi connectivity index (χ3v) is 7.04. The number of halogens is 5. The van der Waals surface area contributed by atoms with E-state index in [2.05, 4.69) is 5.10 Å². The topological polar surface area (TPSA) is 185 Å². The standard InChI is InChI=1S/C18H19F5N4O3S.C4H6O5/c1-31(28,29)27-7-9-6-26(8-14(9)25-27)15-5-13(24)16(30-17(15)18(21,22)23)11-4-10(19)2-3-12(11)20;5-2(4(8)9)1-3(6)7/h2-4,7,13,15-17H,5-6,8,24H2,1H3;2,5H,1H2,(H,6,7)(H,8,9)/t13-,15+,16+,17-;2-/m01/s1. The fourth-order valence-electron chi connectivity index (χ4n) is 4.36. The van der Waals surface area contributed by atoms with Crippen molar-refractivity contribution in [1.29, 1.82) is 0 Å². The van der Waals surface area contributed by atoms with Crippen molar-refractivity contribution < 1.29 is 60.0 Å². The van der Waals surface area contributed by atoms with Crippen molar-refractivity contribution in [3.05, 3.63) is 52.9 Å². The molecule has 2 aromatic rings. The lowest BCUT2D eigenvalue weighted by Crippen LogP contribution is -2.58. The van der Waals surface area contributed by atoms with E-state index in [1.54, 1.807) is 0 Å². The third kappa shape index (κ3) is 7.30. The van der Waals surface area contributed by atoms with Crippen molar-refractivity contribution in [2.45, 2.75) is 62.5 Å². The molecule has 0 unspecified atom stereocenters. The molecule has 4 rings (SSSR count). The lowest BCUT2D eigenvalue weighted by Gasteiger charge is -2.44. The Morgan fingerprint density at radius 3 is 2.38 bits per heavy atom.